The number of nitrogens with one attached hydrogen (secondary N) is 1. The van der Waals surface area contributed by atoms with E-state index in [1.165, 1.54) is 5.56 Å². The van der Waals surface area contributed by atoms with Crippen LogP contribution in [-0.2, 0) is 9.53 Å². The minimum absolute atomic E-state index is 0.0188. The fraction of sp³-hybridized carbons (Fsp3) is 0.562. The van der Waals surface area contributed by atoms with Gasteiger partial charge < -0.3 is 14.8 Å². The first-order chi connectivity index (χ1) is 9.65. The van der Waals surface area contributed by atoms with Crippen molar-refractivity contribution in [3.05, 3.63) is 29.3 Å². The van der Waals surface area contributed by atoms with Crippen LogP contribution in [0.1, 0.15) is 30.4 Å². The Morgan fingerprint density at radius 1 is 1.45 bits per heavy atom. The third kappa shape index (κ3) is 4.53. The lowest BCUT2D eigenvalue weighted by Gasteiger charge is -2.12. The summed E-state index contributed by atoms with van der Waals surface area (Å²) in [5.41, 5.74) is 2.31. The van der Waals surface area contributed by atoms with Gasteiger partial charge in [-0.25, -0.2) is 0 Å². The number of carbonyl (C=O) groups is 1. The summed E-state index contributed by atoms with van der Waals surface area (Å²) in [6, 6.07) is 6.04. The highest BCUT2D eigenvalue weighted by Gasteiger charge is 2.15. The molecule has 20 heavy (non-hydrogen) atoms. The number of hydrogen-bond donors (Lipinski definition) is 1. The summed E-state index contributed by atoms with van der Waals surface area (Å²) < 4.78 is 11.1. The van der Waals surface area contributed by atoms with E-state index in [0.29, 0.717) is 19.6 Å². The number of aryl methyl sites for hydroxylation is 2. The van der Waals surface area contributed by atoms with Gasteiger partial charge in [0, 0.05) is 13.2 Å². The Balaban J connectivity index is 1.65. The monoisotopic (exact) mass is 277 g/mol. The lowest BCUT2D eigenvalue weighted by Crippen LogP contribution is -2.32. The van der Waals surface area contributed by atoms with Crippen LogP contribution in [0.3, 0.4) is 0 Å². The molecule has 1 aromatic carbocycles. The van der Waals surface area contributed by atoms with Gasteiger partial charge in [0.15, 0.2) is 0 Å². The van der Waals surface area contributed by atoms with Gasteiger partial charge in [0.2, 0.25) is 5.91 Å². The van der Waals surface area contributed by atoms with Crippen LogP contribution in [0.25, 0.3) is 0 Å². The van der Waals surface area contributed by atoms with Crippen LogP contribution in [0, 0.1) is 13.8 Å². The van der Waals surface area contributed by atoms with Crippen LogP contribution in [0.4, 0.5) is 0 Å². The minimum Gasteiger partial charge on any atom is -0.493 e. The van der Waals surface area contributed by atoms with Gasteiger partial charge in [0.05, 0.1) is 19.1 Å². The van der Waals surface area contributed by atoms with Crippen molar-refractivity contribution in [1.29, 1.82) is 0 Å². The second kappa shape index (κ2) is 7.29. The number of rotatable bonds is 6. The summed E-state index contributed by atoms with van der Waals surface area (Å²) in [5, 5.41) is 2.89. The number of benzene rings is 1. The second-order valence-corrected chi connectivity index (χ2v) is 5.31. The van der Waals surface area contributed by atoms with E-state index in [0.717, 1.165) is 30.8 Å². The average Bonchev–Trinajstić information content (AvgIpc) is 2.92. The zero-order chi connectivity index (χ0) is 14.4. The van der Waals surface area contributed by atoms with E-state index < -0.39 is 0 Å². The molecular weight excluding hydrogens is 254 g/mol. The van der Waals surface area contributed by atoms with E-state index in [9.17, 15) is 4.79 Å². The zero-order valence-electron chi connectivity index (χ0n) is 12.3. The highest BCUT2D eigenvalue weighted by Crippen LogP contribution is 2.18. The molecule has 1 amide bonds. The molecule has 1 aliphatic rings. The maximum absolute atomic E-state index is 11.7. The number of hydrogen-bond acceptors (Lipinski definition) is 3. The first-order valence-electron chi connectivity index (χ1n) is 7.23. The van der Waals surface area contributed by atoms with Crippen LogP contribution in [0.5, 0.6) is 5.75 Å². The molecule has 1 unspecified atom stereocenters. The molecule has 110 valence electrons. The Labute approximate surface area is 120 Å². The van der Waals surface area contributed by atoms with Crippen LogP contribution in [0.15, 0.2) is 18.2 Å². The van der Waals surface area contributed by atoms with Gasteiger partial charge in [-0.2, -0.15) is 0 Å². The van der Waals surface area contributed by atoms with Crippen LogP contribution in [0.2, 0.25) is 0 Å². The molecule has 1 aromatic rings. The lowest BCUT2D eigenvalue weighted by atomic mass is 10.1. The molecule has 1 heterocycles. The smallest absolute Gasteiger partial charge is 0.223 e. The van der Waals surface area contributed by atoms with Crippen molar-refractivity contribution in [2.45, 2.75) is 39.2 Å². The van der Waals surface area contributed by atoms with E-state index in [-0.39, 0.29) is 12.0 Å². The number of carbonyl (C=O) groups excluding carboxylic acids is 1. The Morgan fingerprint density at radius 3 is 3.00 bits per heavy atom. The van der Waals surface area contributed by atoms with Gasteiger partial charge in [-0.05, 0) is 38.3 Å². The second-order valence-electron chi connectivity index (χ2n) is 5.31. The van der Waals surface area contributed by atoms with Crippen molar-refractivity contribution >= 4 is 5.91 Å². The lowest BCUT2D eigenvalue weighted by molar-refractivity contribution is -0.122. The molecule has 0 radical (unpaired) electrons. The summed E-state index contributed by atoms with van der Waals surface area (Å²) in [4.78, 5) is 11.7. The summed E-state index contributed by atoms with van der Waals surface area (Å²) in [6.07, 6.45) is 2.70. The maximum Gasteiger partial charge on any atom is 0.223 e. The highest BCUT2D eigenvalue weighted by atomic mass is 16.5. The highest BCUT2D eigenvalue weighted by molar-refractivity contribution is 5.76. The van der Waals surface area contributed by atoms with Gasteiger partial charge >= 0.3 is 0 Å². The van der Waals surface area contributed by atoms with Gasteiger partial charge in [-0.15, -0.1) is 0 Å². The molecule has 1 atom stereocenters. The summed E-state index contributed by atoms with van der Waals surface area (Å²) in [7, 11) is 0. The van der Waals surface area contributed by atoms with Crippen molar-refractivity contribution < 1.29 is 14.3 Å². The van der Waals surface area contributed by atoms with Crippen molar-refractivity contribution in [2.24, 2.45) is 0 Å². The summed E-state index contributed by atoms with van der Waals surface area (Å²) >= 11 is 0. The van der Waals surface area contributed by atoms with E-state index >= 15 is 0 Å². The standard InChI is InChI=1S/C16H23NO3/c1-12-5-6-15(13(2)10-12)20-9-7-16(18)17-11-14-4-3-8-19-14/h5-6,10,14H,3-4,7-9,11H2,1-2H3,(H,17,18). The fourth-order valence-corrected chi connectivity index (χ4v) is 2.34. The van der Waals surface area contributed by atoms with E-state index in [1.807, 2.05) is 19.1 Å². The SMILES string of the molecule is Cc1ccc(OCCC(=O)NCC2CCCO2)c(C)c1. The molecule has 1 fully saturated rings. The molecule has 0 aromatic heterocycles. The molecule has 4 nitrogen and oxygen atoms in total. The zero-order valence-corrected chi connectivity index (χ0v) is 12.3. The van der Waals surface area contributed by atoms with Crippen LogP contribution in [-0.4, -0.2) is 31.8 Å². The average molecular weight is 277 g/mol. The molecule has 2 rings (SSSR count). The van der Waals surface area contributed by atoms with Crippen molar-refractivity contribution in [2.75, 3.05) is 19.8 Å². The van der Waals surface area contributed by atoms with Gasteiger partial charge in [-0.1, -0.05) is 17.7 Å². The first kappa shape index (κ1) is 14.9. The van der Waals surface area contributed by atoms with Gasteiger partial charge in [0.1, 0.15) is 5.75 Å². The summed E-state index contributed by atoms with van der Waals surface area (Å²) in [5.74, 6) is 0.868. The maximum atomic E-state index is 11.7. The molecular formula is C16H23NO3. The topological polar surface area (TPSA) is 47.6 Å². The molecule has 4 heteroatoms. The molecule has 0 spiro atoms. The predicted octanol–water partition coefficient (Wildman–Crippen LogP) is 2.37. The Hall–Kier alpha value is -1.55. The number of amides is 1. The fourth-order valence-electron chi connectivity index (χ4n) is 2.34. The van der Waals surface area contributed by atoms with E-state index in [1.54, 1.807) is 0 Å². The molecule has 1 aliphatic heterocycles. The van der Waals surface area contributed by atoms with E-state index in [2.05, 4.69) is 18.3 Å². The normalized spacial score (nSPS) is 18.0. The molecule has 0 bridgehead atoms. The van der Waals surface area contributed by atoms with E-state index in [4.69, 9.17) is 9.47 Å². The molecule has 1 N–H and O–H groups in total. The van der Waals surface area contributed by atoms with Crippen molar-refractivity contribution in [1.82, 2.24) is 5.32 Å². The molecule has 1 saturated heterocycles. The molecule has 0 aliphatic carbocycles. The van der Waals surface area contributed by atoms with Crippen LogP contribution >= 0.6 is 0 Å². The number of ether oxygens (including phenoxy) is 2. The Kier molecular flexibility index (Phi) is 5.41. The Bertz CT molecular complexity index is 453. The summed E-state index contributed by atoms with van der Waals surface area (Å²) in [6.45, 7) is 5.90. The quantitative estimate of drug-likeness (QED) is 0.868. The van der Waals surface area contributed by atoms with Crippen molar-refractivity contribution in [3.8, 4) is 5.75 Å². The largest absolute Gasteiger partial charge is 0.493 e. The van der Waals surface area contributed by atoms with Gasteiger partial charge in [-0.3, -0.25) is 4.79 Å². The third-order valence-electron chi connectivity index (χ3n) is 3.47. The molecule has 0 saturated carbocycles. The first-order valence-corrected chi connectivity index (χ1v) is 7.23. The van der Waals surface area contributed by atoms with Crippen LogP contribution < -0.4 is 10.1 Å². The van der Waals surface area contributed by atoms with Gasteiger partial charge in [0.25, 0.3) is 0 Å². The van der Waals surface area contributed by atoms with Crippen molar-refractivity contribution in [3.63, 3.8) is 0 Å². The third-order valence-corrected chi connectivity index (χ3v) is 3.47. The Morgan fingerprint density at radius 2 is 2.30 bits per heavy atom. The predicted molar refractivity (Wildman–Crippen MR) is 78.0 cm³/mol. The minimum atomic E-state index is 0.0188.